The quantitative estimate of drug-likeness (QED) is 0.677. The number of hydrogen-bond acceptors (Lipinski definition) is 6. The van der Waals surface area contributed by atoms with Crippen LogP contribution in [0.3, 0.4) is 0 Å². The fraction of sp³-hybridized carbons (Fsp3) is 0.318. The summed E-state index contributed by atoms with van der Waals surface area (Å²) >= 11 is 0. The lowest BCUT2D eigenvalue weighted by Crippen LogP contribution is -2.40. The maximum Gasteiger partial charge on any atom is 0.260 e. The van der Waals surface area contributed by atoms with Gasteiger partial charge < -0.3 is 14.5 Å². The van der Waals surface area contributed by atoms with Crippen molar-refractivity contribution in [3.8, 4) is 5.75 Å². The Balaban J connectivity index is 1.50. The van der Waals surface area contributed by atoms with E-state index in [4.69, 9.17) is 4.74 Å². The fourth-order valence-corrected chi connectivity index (χ4v) is 3.61. The number of rotatable bonds is 5. The van der Waals surface area contributed by atoms with Crippen LogP contribution in [0, 0.1) is 6.92 Å². The number of amides is 2. The highest BCUT2D eigenvalue weighted by atomic mass is 16.5. The van der Waals surface area contributed by atoms with E-state index in [1.807, 2.05) is 37.3 Å². The Hall–Kier alpha value is -3.75. The lowest BCUT2D eigenvalue weighted by atomic mass is 10.1. The van der Waals surface area contributed by atoms with Crippen LogP contribution in [-0.4, -0.2) is 68.0 Å². The van der Waals surface area contributed by atoms with Gasteiger partial charge in [-0.15, -0.1) is 0 Å². The molecule has 0 aliphatic carbocycles. The Morgan fingerprint density at radius 2 is 1.97 bits per heavy atom. The Morgan fingerprint density at radius 3 is 2.68 bits per heavy atom. The van der Waals surface area contributed by atoms with Gasteiger partial charge in [-0.05, 0) is 37.6 Å². The summed E-state index contributed by atoms with van der Waals surface area (Å²) in [7, 11) is 0. The lowest BCUT2D eigenvalue weighted by Gasteiger charge is -2.27. The molecule has 1 saturated heterocycles. The normalized spacial score (nSPS) is 16.6. The molecular weight excluding hydrogens is 396 g/mol. The molecule has 9 nitrogen and oxygen atoms in total. The van der Waals surface area contributed by atoms with Gasteiger partial charge in [-0.3, -0.25) is 19.7 Å². The zero-order chi connectivity index (χ0) is 21.6. The molecule has 3 aromatic rings. The van der Waals surface area contributed by atoms with Gasteiger partial charge in [-0.1, -0.05) is 18.2 Å². The number of aromatic amines is 1. The highest BCUT2D eigenvalue weighted by molar-refractivity contribution is 5.94. The number of ether oxygens (including phenoxy) is 1. The first kappa shape index (κ1) is 20.5. The van der Waals surface area contributed by atoms with Crippen molar-refractivity contribution in [2.45, 2.75) is 19.4 Å². The third-order valence-corrected chi connectivity index (χ3v) is 5.20. The summed E-state index contributed by atoms with van der Waals surface area (Å²) in [6, 6.07) is 12.4. The number of aromatic nitrogens is 4. The molecule has 2 aromatic heterocycles. The van der Waals surface area contributed by atoms with Crippen molar-refractivity contribution in [3.63, 3.8) is 0 Å². The predicted molar refractivity (Wildman–Crippen MR) is 112 cm³/mol. The van der Waals surface area contributed by atoms with Crippen LogP contribution < -0.4 is 4.74 Å². The molecule has 1 N–H and O–H groups in total. The molecule has 2 amide bonds. The molecule has 0 radical (unpaired) electrons. The van der Waals surface area contributed by atoms with E-state index in [9.17, 15) is 9.59 Å². The van der Waals surface area contributed by atoms with Crippen molar-refractivity contribution < 1.29 is 14.3 Å². The third kappa shape index (κ3) is 4.88. The largest absolute Gasteiger partial charge is 0.484 e. The van der Waals surface area contributed by atoms with Gasteiger partial charge in [0.25, 0.3) is 11.8 Å². The number of pyridine rings is 1. The first-order chi connectivity index (χ1) is 15.1. The molecule has 1 aromatic carbocycles. The number of para-hydroxylation sites is 1. The van der Waals surface area contributed by atoms with Crippen LogP contribution in [0.15, 0.2) is 54.9 Å². The van der Waals surface area contributed by atoms with Crippen LogP contribution in [0.1, 0.15) is 34.5 Å². The van der Waals surface area contributed by atoms with Crippen LogP contribution in [0.2, 0.25) is 0 Å². The highest BCUT2D eigenvalue weighted by Gasteiger charge is 2.33. The molecule has 1 fully saturated rings. The molecule has 4 rings (SSSR count). The van der Waals surface area contributed by atoms with Crippen molar-refractivity contribution in [2.24, 2.45) is 0 Å². The summed E-state index contributed by atoms with van der Waals surface area (Å²) in [6.07, 6.45) is 3.70. The summed E-state index contributed by atoms with van der Waals surface area (Å²) in [5, 5.41) is 7.13. The highest BCUT2D eigenvalue weighted by Crippen LogP contribution is 2.26. The van der Waals surface area contributed by atoms with E-state index in [0.717, 1.165) is 0 Å². The predicted octanol–water partition coefficient (Wildman–Crippen LogP) is 2.00. The van der Waals surface area contributed by atoms with E-state index < -0.39 is 0 Å². The summed E-state index contributed by atoms with van der Waals surface area (Å²) in [5.41, 5.74) is 0.493. The summed E-state index contributed by atoms with van der Waals surface area (Å²) in [5.74, 6) is 1.59. The number of aryl methyl sites for hydroxylation is 1. The van der Waals surface area contributed by atoms with Crippen molar-refractivity contribution in [1.82, 2.24) is 30.0 Å². The standard InChI is InChI=1S/C22H24N6O3/c1-16-24-21(26-25-16)19-9-11-27(20(29)15-31-18-7-3-2-4-8-18)12-13-28(19)22(30)17-6-5-10-23-14-17/h2-8,10,14,19H,9,11-13,15H2,1H3,(H,24,25,26). The summed E-state index contributed by atoms with van der Waals surface area (Å²) in [6.45, 7) is 3.01. The van der Waals surface area contributed by atoms with Gasteiger partial charge in [0.05, 0.1) is 11.6 Å². The Kier molecular flexibility index (Phi) is 6.21. The average Bonchev–Trinajstić information content (AvgIpc) is 3.12. The SMILES string of the molecule is Cc1nc(C2CCN(C(=O)COc3ccccc3)CCN2C(=O)c2cccnc2)n[nH]1. The molecule has 3 heterocycles. The average molecular weight is 420 g/mol. The van der Waals surface area contributed by atoms with Crippen LogP contribution in [0.4, 0.5) is 0 Å². The van der Waals surface area contributed by atoms with E-state index in [0.29, 0.717) is 49.0 Å². The number of H-pyrrole nitrogens is 1. The third-order valence-electron chi connectivity index (χ3n) is 5.20. The minimum Gasteiger partial charge on any atom is -0.484 e. The van der Waals surface area contributed by atoms with Crippen LogP contribution in [0.25, 0.3) is 0 Å². The molecular formula is C22H24N6O3. The minimum atomic E-state index is -0.342. The van der Waals surface area contributed by atoms with Crippen LogP contribution in [0.5, 0.6) is 5.75 Å². The number of nitrogens with zero attached hydrogens (tertiary/aromatic N) is 5. The lowest BCUT2D eigenvalue weighted by molar-refractivity contribution is -0.133. The first-order valence-electron chi connectivity index (χ1n) is 10.2. The monoisotopic (exact) mass is 420 g/mol. The fourth-order valence-electron chi connectivity index (χ4n) is 3.61. The number of carbonyl (C=O) groups excluding carboxylic acids is 2. The summed E-state index contributed by atoms with van der Waals surface area (Å²) < 4.78 is 5.61. The number of benzene rings is 1. The molecule has 1 unspecified atom stereocenters. The summed E-state index contributed by atoms with van der Waals surface area (Å²) in [4.78, 5) is 37.9. The maximum atomic E-state index is 13.2. The molecule has 0 bridgehead atoms. The number of nitrogens with one attached hydrogen (secondary N) is 1. The van der Waals surface area contributed by atoms with Gasteiger partial charge in [-0.2, -0.15) is 5.10 Å². The number of carbonyl (C=O) groups is 2. The van der Waals surface area contributed by atoms with Crippen molar-refractivity contribution >= 4 is 11.8 Å². The molecule has 0 spiro atoms. The van der Waals surface area contributed by atoms with E-state index >= 15 is 0 Å². The van der Waals surface area contributed by atoms with E-state index in [1.54, 1.807) is 34.3 Å². The maximum absolute atomic E-state index is 13.2. The first-order valence-corrected chi connectivity index (χ1v) is 10.2. The molecule has 31 heavy (non-hydrogen) atoms. The van der Waals surface area contributed by atoms with Gasteiger partial charge in [0, 0.05) is 32.0 Å². The second-order valence-electron chi connectivity index (χ2n) is 7.31. The van der Waals surface area contributed by atoms with Gasteiger partial charge >= 0.3 is 0 Å². The van der Waals surface area contributed by atoms with Gasteiger partial charge in [0.2, 0.25) is 0 Å². The molecule has 9 heteroatoms. The van der Waals surface area contributed by atoms with E-state index in [2.05, 4.69) is 20.2 Å². The molecule has 1 atom stereocenters. The molecule has 1 aliphatic heterocycles. The smallest absolute Gasteiger partial charge is 0.260 e. The minimum absolute atomic E-state index is 0.0506. The Morgan fingerprint density at radius 1 is 1.13 bits per heavy atom. The van der Waals surface area contributed by atoms with Gasteiger partial charge in [-0.25, -0.2) is 4.98 Å². The van der Waals surface area contributed by atoms with Crippen molar-refractivity contribution in [1.29, 1.82) is 0 Å². The van der Waals surface area contributed by atoms with Crippen molar-refractivity contribution in [3.05, 3.63) is 72.1 Å². The second kappa shape index (κ2) is 9.38. The molecule has 160 valence electrons. The second-order valence-corrected chi connectivity index (χ2v) is 7.31. The molecule has 1 aliphatic rings. The topological polar surface area (TPSA) is 104 Å². The zero-order valence-electron chi connectivity index (χ0n) is 17.3. The van der Waals surface area contributed by atoms with E-state index in [-0.39, 0.29) is 24.5 Å². The van der Waals surface area contributed by atoms with Crippen molar-refractivity contribution in [2.75, 3.05) is 26.2 Å². The van der Waals surface area contributed by atoms with E-state index in [1.165, 1.54) is 0 Å². The van der Waals surface area contributed by atoms with Gasteiger partial charge in [0.1, 0.15) is 11.6 Å². The number of hydrogen-bond donors (Lipinski definition) is 1. The van der Waals surface area contributed by atoms with Crippen LogP contribution in [-0.2, 0) is 4.79 Å². The van der Waals surface area contributed by atoms with Gasteiger partial charge in [0.15, 0.2) is 12.4 Å². The molecule has 0 saturated carbocycles. The van der Waals surface area contributed by atoms with Crippen LogP contribution >= 0.6 is 0 Å². The zero-order valence-corrected chi connectivity index (χ0v) is 17.3. The Bertz CT molecular complexity index is 1020. The Labute approximate surface area is 180 Å².